The Kier molecular flexibility index (Phi) is 8.91. The third-order valence-electron chi connectivity index (χ3n) is 4.26. The Morgan fingerprint density at radius 1 is 1.35 bits per heavy atom. The van der Waals surface area contributed by atoms with Crippen LogP contribution < -0.4 is 10.6 Å². The van der Waals surface area contributed by atoms with Crippen LogP contribution in [0, 0.1) is 0 Å². The highest BCUT2D eigenvalue weighted by molar-refractivity contribution is 7.90. The molecule has 0 radical (unpaired) electrons. The Labute approximate surface area is 142 Å². The number of likely N-dealkylation sites (tertiary alicyclic amines) is 1. The largest absolute Gasteiger partial charge is 0.357 e. The molecule has 0 aliphatic carbocycles. The number of rotatable bonds is 8. The fourth-order valence-corrected chi connectivity index (χ4v) is 3.68. The number of nitrogens with one attached hydrogen (secondary N) is 2. The van der Waals surface area contributed by atoms with Crippen molar-refractivity contribution >= 4 is 15.8 Å². The molecular formula is C16H34N4O2S. The number of aliphatic imine (C=N–C) groups is 1. The van der Waals surface area contributed by atoms with Gasteiger partial charge in [-0.2, -0.15) is 0 Å². The smallest absolute Gasteiger partial charge is 0.191 e. The van der Waals surface area contributed by atoms with Gasteiger partial charge in [0.05, 0.1) is 12.3 Å². The third-order valence-corrected chi connectivity index (χ3v) is 5.24. The van der Waals surface area contributed by atoms with Crippen molar-refractivity contribution in [3.05, 3.63) is 0 Å². The van der Waals surface area contributed by atoms with Crippen molar-refractivity contribution in [2.24, 2.45) is 4.99 Å². The first-order valence-corrected chi connectivity index (χ1v) is 10.9. The molecule has 1 fully saturated rings. The van der Waals surface area contributed by atoms with E-state index >= 15 is 0 Å². The average Bonchev–Trinajstić information content (AvgIpc) is 2.50. The monoisotopic (exact) mass is 346 g/mol. The van der Waals surface area contributed by atoms with Gasteiger partial charge in [-0.3, -0.25) is 9.89 Å². The van der Waals surface area contributed by atoms with E-state index in [1.807, 2.05) is 13.8 Å². The van der Waals surface area contributed by atoms with Gasteiger partial charge in [0.25, 0.3) is 0 Å². The lowest BCUT2D eigenvalue weighted by Crippen LogP contribution is -2.45. The summed E-state index contributed by atoms with van der Waals surface area (Å²) in [6.45, 7) is 10.1. The minimum absolute atomic E-state index is 0.0798. The molecule has 2 unspecified atom stereocenters. The van der Waals surface area contributed by atoms with Gasteiger partial charge >= 0.3 is 0 Å². The Bertz CT molecular complexity index is 465. The maximum absolute atomic E-state index is 11.3. The molecule has 0 saturated carbocycles. The number of sulfone groups is 1. The minimum atomic E-state index is -2.91. The molecular weight excluding hydrogens is 312 g/mol. The van der Waals surface area contributed by atoms with E-state index in [4.69, 9.17) is 4.99 Å². The first-order valence-electron chi connectivity index (χ1n) is 8.82. The predicted octanol–water partition coefficient (Wildman–Crippen LogP) is 1.24. The zero-order chi connectivity index (χ0) is 17.3. The summed E-state index contributed by atoms with van der Waals surface area (Å²) < 4.78 is 22.5. The topological polar surface area (TPSA) is 73.8 Å². The average molecular weight is 347 g/mol. The van der Waals surface area contributed by atoms with Crippen LogP contribution in [-0.4, -0.2) is 69.5 Å². The summed E-state index contributed by atoms with van der Waals surface area (Å²) in [5.74, 6) is 0.988. The Morgan fingerprint density at radius 3 is 2.70 bits per heavy atom. The Balaban J connectivity index is 2.54. The van der Waals surface area contributed by atoms with Crippen molar-refractivity contribution in [1.29, 1.82) is 0 Å². The second-order valence-electron chi connectivity index (χ2n) is 6.46. The van der Waals surface area contributed by atoms with Gasteiger partial charge in [0.15, 0.2) is 5.96 Å². The Morgan fingerprint density at radius 2 is 2.09 bits per heavy atom. The molecule has 1 heterocycles. The van der Waals surface area contributed by atoms with Crippen LogP contribution in [0.25, 0.3) is 0 Å². The van der Waals surface area contributed by atoms with E-state index in [1.54, 1.807) is 0 Å². The molecule has 0 spiro atoms. The zero-order valence-electron chi connectivity index (χ0n) is 15.1. The van der Waals surface area contributed by atoms with Gasteiger partial charge in [-0.1, -0.05) is 13.3 Å². The first-order chi connectivity index (χ1) is 10.9. The standard InChI is InChI=1S/C16H34N4O2S/c1-5-17-16(19-14(3)10-12-23(4,21)22)18-13-15-9-7-8-11-20(15)6-2/h14-15H,5-13H2,1-4H3,(H2,17,18,19). The lowest BCUT2D eigenvalue weighted by Gasteiger charge is -2.34. The molecule has 6 nitrogen and oxygen atoms in total. The molecule has 1 saturated heterocycles. The van der Waals surface area contributed by atoms with Gasteiger partial charge in [0, 0.05) is 24.9 Å². The molecule has 0 bridgehead atoms. The van der Waals surface area contributed by atoms with Crippen LogP contribution in [0.5, 0.6) is 0 Å². The van der Waals surface area contributed by atoms with E-state index < -0.39 is 9.84 Å². The van der Waals surface area contributed by atoms with Crippen LogP contribution in [-0.2, 0) is 9.84 Å². The summed E-state index contributed by atoms with van der Waals surface area (Å²) in [5, 5.41) is 6.57. The quantitative estimate of drug-likeness (QED) is 0.511. The van der Waals surface area contributed by atoms with E-state index in [-0.39, 0.29) is 11.8 Å². The number of hydrogen-bond donors (Lipinski definition) is 2. The fraction of sp³-hybridized carbons (Fsp3) is 0.938. The van der Waals surface area contributed by atoms with E-state index in [0.29, 0.717) is 12.5 Å². The molecule has 1 aliphatic heterocycles. The van der Waals surface area contributed by atoms with E-state index in [1.165, 1.54) is 32.1 Å². The van der Waals surface area contributed by atoms with Crippen LogP contribution >= 0.6 is 0 Å². The summed E-state index contributed by atoms with van der Waals surface area (Å²) in [6, 6.07) is 0.603. The van der Waals surface area contributed by atoms with Crippen molar-refractivity contribution in [2.45, 2.75) is 58.5 Å². The number of hydrogen-bond acceptors (Lipinski definition) is 4. The molecule has 136 valence electrons. The molecule has 23 heavy (non-hydrogen) atoms. The van der Waals surface area contributed by atoms with E-state index in [2.05, 4.69) is 22.5 Å². The normalized spacial score (nSPS) is 21.9. The lowest BCUT2D eigenvalue weighted by molar-refractivity contribution is 0.161. The van der Waals surface area contributed by atoms with Crippen LogP contribution in [0.2, 0.25) is 0 Å². The van der Waals surface area contributed by atoms with Gasteiger partial charge < -0.3 is 10.6 Å². The predicted molar refractivity (Wildman–Crippen MR) is 97.8 cm³/mol. The zero-order valence-corrected chi connectivity index (χ0v) is 16.0. The van der Waals surface area contributed by atoms with Crippen molar-refractivity contribution in [3.63, 3.8) is 0 Å². The molecule has 1 aliphatic rings. The van der Waals surface area contributed by atoms with Crippen LogP contribution in [0.15, 0.2) is 4.99 Å². The highest BCUT2D eigenvalue weighted by Crippen LogP contribution is 2.16. The van der Waals surface area contributed by atoms with Gasteiger partial charge in [-0.25, -0.2) is 8.42 Å². The highest BCUT2D eigenvalue weighted by atomic mass is 32.2. The molecule has 0 aromatic carbocycles. The molecule has 0 aromatic rings. The number of nitrogens with zero attached hydrogens (tertiary/aromatic N) is 2. The third kappa shape index (κ3) is 8.55. The molecule has 0 amide bonds. The van der Waals surface area contributed by atoms with Gasteiger partial charge in [0.2, 0.25) is 0 Å². The lowest BCUT2D eigenvalue weighted by atomic mass is 10.0. The summed E-state index contributed by atoms with van der Waals surface area (Å²) in [5.41, 5.74) is 0. The summed E-state index contributed by atoms with van der Waals surface area (Å²) in [6.07, 6.45) is 5.65. The second kappa shape index (κ2) is 10.1. The summed E-state index contributed by atoms with van der Waals surface area (Å²) >= 11 is 0. The van der Waals surface area contributed by atoms with Crippen molar-refractivity contribution in [2.75, 3.05) is 38.2 Å². The van der Waals surface area contributed by atoms with E-state index in [9.17, 15) is 8.42 Å². The van der Waals surface area contributed by atoms with Gasteiger partial charge in [0.1, 0.15) is 9.84 Å². The summed E-state index contributed by atoms with van der Waals surface area (Å²) in [4.78, 5) is 7.23. The van der Waals surface area contributed by atoms with Crippen molar-refractivity contribution < 1.29 is 8.42 Å². The summed E-state index contributed by atoms with van der Waals surface area (Å²) in [7, 11) is -2.91. The van der Waals surface area contributed by atoms with Crippen molar-refractivity contribution in [3.8, 4) is 0 Å². The van der Waals surface area contributed by atoms with Gasteiger partial charge in [-0.05, 0) is 46.2 Å². The van der Waals surface area contributed by atoms with Crippen molar-refractivity contribution in [1.82, 2.24) is 15.5 Å². The van der Waals surface area contributed by atoms with Crippen LogP contribution in [0.4, 0.5) is 0 Å². The fourth-order valence-electron chi connectivity index (χ4n) is 2.90. The van der Waals surface area contributed by atoms with Crippen LogP contribution in [0.3, 0.4) is 0 Å². The molecule has 2 N–H and O–H groups in total. The molecule has 1 rings (SSSR count). The second-order valence-corrected chi connectivity index (χ2v) is 8.72. The van der Waals surface area contributed by atoms with Crippen LogP contribution in [0.1, 0.15) is 46.5 Å². The molecule has 7 heteroatoms. The maximum Gasteiger partial charge on any atom is 0.191 e. The first kappa shape index (κ1) is 20.2. The molecule has 0 aromatic heterocycles. The van der Waals surface area contributed by atoms with E-state index in [0.717, 1.165) is 25.6 Å². The highest BCUT2D eigenvalue weighted by Gasteiger charge is 2.20. The maximum atomic E-state index is 11.3. The Hall–Kier alpha value is -0.820. The minimum Gasteiger partial charge on any atom is -0.357 e. The SMILES string of the molecule is CCNC(=NCC1CCCCN1CC)NC(C)CCS(C)(=O)=O. The molecule has 2 atom stereocenters. The number of likely N-dealkylation sites (N-methyl/N-ethyl adjacent to an activating group) is 1. The number of guanidine groups is 1. The number of piperidine rings is 1. The van der Waals surface area contributed by atoms with Gasteiger partial charge in [-0.15, -0.1) is 0 Å².